The first kappa shape index (κ1) is 24.4. The van der Waals surface area contributed by atoms with E-state index < -0.39 is 0 Å². The Bertz CT molecular complexity index is 1510. The predicted octanol–water partition coefficient (Wildman–Crippen LogP) is 2.29. The number of imidazole rings is 1. The molecule has 0 amide bonds. The molecule has 36 heavy (non-hydrogen) atoms. The highest BCUT2D eigenvalue weighted by Gasteiger charge is 2.23. The smallest absolute Gasteiger partial charge is 0.228 e. The third-order valence-corrected chi connectivity index (χ3v) is 5.64. The first-order chi connectivity index (χ1) is 17.3. The molecule has 0 bridgehead atoms. The van der Waals surface area contributed by atoms with Gasteiger partial charge in [-0.05, 0) is 37.3 Å². The topological polar surface area (TPSA) is 186 Å². The number of aromatic nitrogens is 5. The number of nitrogens with two attached hydrogens (primary N) is 1. The lowest BCUT2D eigenvalue weighted by Gasteiger charge is -2.10. The molecule has 3 heterocycles. The Kier molecular flexibility index (Phi) is 6.67. The largest absolute Gasteiger partial charge is 0.371 e. The van der Waals surface area contributed by atoms with Crippen LogP contribution in [0.5, 0.6) is 0 Å². The van der Waals surface area contributed by atoms with E-state index in [4.69, 9.17) is 11.1 Å². The minimum atomic E-state index is -0.357. The van der Waals surface area contributed by atoms with Crippen LogP contribution in [0, 0.1) is 16.7 Å². The van der Waals surface area contributed by atoms with Crippen molar-refractivity contribution in [1.29, 1.82) is 10.7 Å². The van der Waals surface area contributed by atoms with Crippen LogP contribution in [0.15, 0.2) is 30.3 Å². The average Bonchev–Trinajstić information content (AvgIpc) is 3.47. The first-order valence-corrected chi connectivity index (χ1v) is 11.3. The number of carbonyl (C=O) groups excluding carboxylic acids is 1. The van der Waals surface area contributed by atoms with Crippen LogP contribution in [0.2, 0.25) is 0 Å². The van der Waals surface area contributed by atoms with E-state index in [1.54, 1.807) is 56.3 Å². The van der Waals surface area contributed by atoms with Gasteiger partial charge in [-0.3, -0.25) is 4.79 Å². The molecular formula is C24H27N11O. The lowest BCUT2D eigenvalue weighted by Crippen LogP contribution is -2.20. The first-order valence-electron chi connectivity index (χ1n) is 11.3. The molecule has 12 nitrogen and oxygen atoms in total. The second kappa shape index (κ2) is 9.85. The van der Waals surface area contributed by atoms with Crippen LogP contribution in [0.25, 0.3) is 22.3 Å². The molecule has 1 aromatic carbocycles. The molecule has 0 fully saturated rings. The number of carbonyl (C=O) groups is 1. The molecule has 0 aliphatic rings. The van der Waals surface area contributed by atoms with Gasteiger partial charge in [0.25, 0.3) is 0 Å². The number of hydrogen-bond donors (Lipinski definition) is 6. The molecule has 0 saturated heterocycles. The quantitative estimate of drug-likeness (QED) is 0.153. The highest BCUT2D eigenvalue weighted by molar-refractivity contribution is 6.09. The van der Waals surface area contributed by atoms with Gasteiger partial charge in [-0.2, -0.15) is 10.1 Å². The van der Waals surface area contributed by atoms with Crippen molar-refractivity contribution >= 4 is 34.3 Å². The summed E-state index contributed by atoms with van der Waals surface area (Å²) in [5.74, 6) is 0.906. The average molecular weight is 486 g/mol. The number of H-pyrrole nitrogens is 1. The summed E-state index contributed by atoms with van der Waals surface area (Å²) in [7, 11) is 5.20. The number of nitrogens with zero attached hydrogens (tertiary/aromatic N) is 5. The molecule has 0 aliphatic carbocycles. The van der Waals surface area contributed by atoms with Gasteiger partial charge in [-0.25, -0.2) is 9.97 Å². The summed E-state index contributed by atoms with van der Waals surface area (Å²) < 4.78 is 0. The Morgan fingerprint density at radius 2 is 2.00 bits per heavy atom. The van der Waals surface area contributed by atoms with Gasteiger partial charge in [0.15, 0.2) is 23.1 Å². The third-order valence-electron chi connectivity index (χ3n) is 5.64. The molecule has 3 aromatic heterocycles. The van der Waals surface area contributed by atoms with E-state index in [0.29, 0.717) is 62.9 Å². The van der Waals surface area contributed by atoms with Gasteiger partial charge in [0.1, 0.15) is 5.52 Å². The molecule has 12 heteroatoms. The van der Waals surface area contributed by atoms with Crippen LogP contribution < -0.4 is 21.8 Å². The number of ketones is 1. The molecule has 0 aliphatic heterocycles. The zero-order valence-electron chi connectivity index (χ0n) is 20.4. The number of fused-ring (bicyclic) bond motifs is 1. The van der Waals surface area contributed by atoms with Crippen molar-refractivity contribution < 1.29 is 4.79 Å². The van der Waals surface area contributed by atoms with E-state index in [9.17, 15) is 10.1 Å². The van der Waals surface area contributed by atoms with E-state index in [2.05, 4.69) is 42.2 Å². The second-order valence-electron chi connectivity index (χ2n) is 8.22. The van der Waals surface area contributed by atoms with Gasteiger partial charge in [0, 0.05) is 44.7 Å². The zero-order chi connectivity index (χ0) is 26.0. The fraction of sp³-hybridized carbons (Fsp3) is 0.250. The van der Waals surface area contributed by atoms with Crippen molar-refractivity contribution in [2.75, 3.05) is 37.2 Å². The zero-order valence-corrected chi connectivity index (χ0v) is 20.4. The van der Waals surface area contributed by atoms with Crippen LogP contribution in [0.1, 0.15) is 40.8 Å². The Labute approximate surface area is 207 Å². The van der Waals surface area contributed by atoms with Gasteiger partial charge in [-0.15, -0.1) is 5.10 Å². The summed E-state index contributed by atoms with van der Waals surface area (Å²) >= 11 is 0. The Morgan fingerprint density at radius 1 is 1.22 bits per heavy atom. The highest BCUT2D eigenvalue weighted by Crippen LogP contribution is 2.37. The molecule has 4 aromatic rings. The standard InChI is InChI=1S/C24H27N11O/c1-12(26)9-16(27)17-7-8-18-21(31-17)33-23(32-18)20(36)13-5-6-14(11-25)15(10-13)19-22(28-2)34-35(30-4)24(19)29-3/h5-8,10,12,27,29-30H,9,26H2,1-4H3,(H,28,34)(H,31,32,33). The van der Waals surface area contributed by atoms with Crippen LogP contribution in [0.3, 0.4) is 0 Å². The molecule has 1 unspecified atom stereocenters. The molecule has 0 saturated carbocycles. The van der Waals surface area contributed by atoms with Crippen molar-refractivity contribution in [3.8, 4) is 17.2 Å². The summed E-state index contributed by atoms with van der Waals surface area (Å²) in [5, 5.41) is 28.6. The maximum atomic E-state index is 13.4. The normalized spacial score (nSPS) is 11.7. The van der Waals surface area contributed by atoms with Crippen molar-refractivity contribution in [3.63, 3.8) is 0 Å². The summed E-state index contributed by atoms with van der Waals surface area (Å²) in [6.07, 6.45) is 0.389. The van der Waals surface area contributed by atoms with Gasteiger partial charge < -0.3 is 32.2 Å². The molecule has 4 rings (SSSR count). The van der Waals surface area contributed by atoms with E-state index in [1.165, 1.54) is 0 Å². The van der Waals surface area contributed by atoms with Crippen molar-refractivity contribution in [2.45, 2.75) is 19.4 Å². The third kappa shape index (κ3) is 4.35. The number of nitrogens with one attached hydrogen (secondary N) is 5. The number of aromatic amines is 1. The van der Waals surface area contributed by atoms with E-state index in [1.807, 2.05) is 6.92 Å². The Hall–Kier alpha value is -4.76. The molecule has 7 N–H and O–H groups in total. The maximum Gasteiger partial charge on any atom is 0.228 e. The molecule has 184 valence electrons. The van der Waals surface area contributed by atoms with Gasteiger partial charge in [0.05, 0.1) is 28.6 Å². The van der Waals surface area contributed by atoms with Gasteiger partial charge >= 0.3 is 0 Å². The monoisotopic (exact) mass is 485 g/mol. The van der Waals surface area contributed by atoms with Gasteiger partial charge in [0.2, 0.25) is 5.78 Å². The minimum Gasteiger partial charge on any atom is -0.371 e. The fourth-order valence-corrected chi connectivity index (χ4v) is 3.96. The predicted molar refractivity (Wildman–Crippen MR) is 139 cm³/mol. The molecule has 0 radical (unpaired) electrons. The summed E-state index contributed by atoms with van der Waals surface area (Å²) in [6.45, 7) is 1.83. The van der Waals surface area contributed by atoms with E-state index >= 15 is 0 Å². The molecule has 1 atom stereocenters. The lowest BCUT2D eigenvalue weighted by molar-refractivity contribution is 0.103. The van der Waals surface area contributed by atoms with Crippen LogP contribution in [-0.4, -0.2) is 63.5 Å². The minimum absolute atomic E-state index is 0.109. The summed E-state index contributed by atoms with van der Waals surface area (Å²) in [4.78, 5) is 26.8. The van der Waals surface area contributed by atoms with Crippen LogP contribution >= 0.6 is 0 Å². The van der Waals surface area contributed by atoms with Crippen molar-refractivity contribution in [3.05, 3.63) is 53.0 Å². The number of benzene rings is 1. The highest BCUT2D eigenvalue weighted by atomic mass is 16.1. The fourth-order valence-electron chi connectivity index (χ4n) is 3.96. The second-order valence-corrected chi connectivity index (χ2v) is 8.22. The van der Waals surface area contributed by atoms with Crippen LogP contribution in [0.4, 0.5) is 11.6 Å². The van der Waals surface area contributed by atoms with Crippen LogP contribution in [-0.2, 0) is 0 Å². The summed E-state index contributed by atoms with van der Waals surface area (Å²) in [5.41, 5.74) is 12.4. The number of hydrogen-bond acceptors (Lipinski definition) is 10. The maximum absolute atomic E-state index is 13.4. The molecule has 0 spiro atoms. The van der Waals surface area contributed by atoms with Crippen molar-refractivity contribution in [1.82, 2.24) is 24.8 Å². The number of nitriles is 1. The van der Waals surface area contributed by atoms with Gasteiger partial charge in [-0.1, -0.05) is 0 Å². The lowest BCUT2D eigenvalue weighted by atomic mass is 9.97. The Morgan fingerprint density at radius 3 is 2.64 bits per heavy atom. The Balaban J connectivity index is 1.77. The van der Waals surface area contributed by atoms with Crippen molar-refractivity contribution in [2.24, 2.45) is 5.73 Å². The number of rotatable bonds is 9. The number of anilines is 2. The SMILES string of the molecule is CNc1nn(NC)c(NC)c1-c1cc(C(=O)c2nc3ccc(C(=N)CC(C)N)nc3[nH]2)ccc1C#N. The van der Waals surface area contributed by atoms with E-state index in [0.717, 1.165) is 0 Å². The summed E-state index contributed by atoms with van der Waals surface area (Å²) in [6, 6.07) is 10.3. The van der Waals surface area contributed by atoms with E-state index in [-0.39, 0.29) is 17.6 Å². The molecular weight excluding hydrogens is 458 g/mol. The number of pyridine rings is 1.